The summed E-state index contributed by atoms with van der Waals surface area (Å²) in [7, 11) is 1.98. The molecule has 104 valence electrons. The number of aryl methyl sites for hydroxylation is 1. The summed E-state index contributed by atoms with van der Waals surface area (Å²) in [6.45, 7) is 0. The predicted molar refractivity (Wildman–Crippen MR) is 73.4 cm³/mol. The third kappa shape index (κ3) is 1.94. The van der Waals surface area contributed by atoms with Gasteiger partial charge in [-0.2, -0.15) is 0 Å². The minimum atomic E-state index is -0.378. The second kappa shape index (κ2) is 4.08. The van der Waals surface area contributed by atoms with E-state index in [-0.39, 0.29) is 6.10 Å². The normalized spacial score (nSPS) is 41.7. The molecule has 0 aromatic carbocycles. The molecule has 0 aliphatic heterocycles. The SMILES string of the molecule is Cn1ccnc1C(O)CC12CC3CC(CC(C3)C1)C2. The molecule has 0 saturated heterocycles. The molecule has 19 heavy (non-hydrogen) atoms. The first-order valence-corrected chi connectivity index (χ1v) is 7.79. The smallest absolute Gasteiger partial charge is 0.137 e. The average Bonchev–Trinajstić information content (AvgIpc) is 2.72. The molecule has 0 amide bonds. The van der Waals surface area contributed by atoms with Crippen LogP contribution >= 0.6 is 0 Å². The van der Waals surface area contributed by atoms with Crippen LogP contribution < -0.4 is 0 Å². The molecule has 4 aliphatic carbocycles. The highest BCUT2D eigenvalue weighted by molar-refractivity contribution is 5.05. The van der Waals surface area contributed by atoms with Crippen LogP contribution in [0.1, 0.15) is 56.9 Å². The Morgan fingerprint density at radius 2 is 1.84 bits per heavy atom. The molecular formula is C16H24N2O. The zero-order chi connectivity index (χ0) is 13.0. The number of aromatic nitrogens is 2. The third-order valence-corrected chi connectivity index (χ3v) is 5.95. The molecule has 4 aliphatic rings. The number of nitrogens with zero attached hydrogens (tertiary/aromatic N) is 2. The summed E-state index contributed by atoms with van der Waals surface area (Å²) in [4.78, 5) is 4.33. The minimum absolute atomic E-state index is 0.378. The maximum atomic E-state index is 10.6. The fraction of sp³-hybridized carbons (Fsp3) is 0.812. The molecule has 1 aromatic heterocycles. The Labute approximate surface area is 115 Å². The summed E-state index contributed by atoms with van der Waals surface area (Å²) in [5.41, 5.74) is 0.431. The van der Waals surface area contributed by atoms with Gasteiger partial charge in [0.2, 0.25) is 0 Å². The second-order valence-corrected chi connectivity index (χ2v) is 7.53. The molecule has 1 unspecified atom stereocenters. The minimum Gasteiger partial charge on any atom is -0.385 e. The highest BCUT2D eigenvalue weighted by Crippen LogP contribution is 2.62. The van der Waals surface area contributed by atoms with Gasteiger partial charge in [0.15, 0.2) is 0 Å². The van der Waals surface area contributed by atoms with Crippen molar-refractivity contribution in [3.63, 3.8) is 0 Å². The van der Waals surface area contributed by atoms with E-state index >= 15 is 0 Å². The van der Waals surface area contributed by atoms with Crippen molar-refractivity contribution in [2.75, 3.05) is 0 Å². The first-order chi connectivity index (χ1) is 9.13. The number of aliphatic hydroxyl groups excluding tert-OH is 1. The number of hydrogen-bond donors (Lipinski definition) is 1. The molecule has 0 radical (unpaired) electrons. The van der Waals surface area contributed by atoms with Crippen LogP contribution in [0.4, 0.5) is 0 Å². The van der Waals surface area contributed by atoms with Crippen LogP contribution in [0, 0.1) is 23.2 Å². The van der Waals surface area contributed by atoms with Crippen LogP contribution in [0.5, 0.6) is 0 Å². The Hall–Kier alpha value is -0.830. The van der Waals surface area contributed by atoms with Gasteiger partial charge in [-0.1, -0.05) is 0 Å². The van der Waals surface area contributed by atoms with Gasteiger partial charge in [-0.25, -0.2) is 4.98 Å². The van der Waals surface area contributed by atoms with Crippen LogP contribution in [-0.2, 0) is 7.05 Å². The van der Waals surface area contributed by atoms with Crippen LogP contribution in [-0.4, -0.2) is 14.7 Å². The van der Waals surface area contributed by atoms with Crippen molar-refractivity contribution in [2.24, 2.45) is 30.2 Å². The van der Waals surface area contributed by atoms with Crippen molar-refractivity contribution in [3.8, 4) is 0 Å². The Morgan fingerprint density at radius 1 is 1.26 bits per heavy atom. The third-order valence-electron chi connectivity index (χ3n) is 5.95. The summed E-state index contributed by atoms with van der Waals surface area (Å²) in [5.74, 6) is 3.72. The largest absolute Gasteiger partial charge is 0.385 e. The standard InChI is InChI=1S/C16H24N2O/c1-18-3-2-17-15(18)14(19)10-16-7-11-4-12(8-16)6-13(5-11)9-16/h2-3,11-14,19H,4-10H2,1H3. The van der Waals surface area contributed by atoms with Gasteiger partial charge in [0.25, 0.3) is 0 Å². The maximum Gasteiger partial charge on any atom is 0.137 e. The van der Waals surface area contributed by atoms with E-state index in [0.29, 0.717) is 5.41 Å². The van der Waals surface area contributed by atoms with Gasteiger partial charge in [0.1, 0.15) is 11.9 Å². The molecule has 1 atom stereocenters. The van der Waals surface area contributed by atoms with Crippen molar-refractivity contribution < 1.29 is 5.11 Å². The van der Waals surface area contributed by atoms with Gasteiger partial charge < -0.3 is 9.67 Å². The summed E-state index contributed by atoms with van der Waals surface area (Å²) in [6, 6.07) is 0. The van der Waals surface area contributed by atoms with Gasteiger partial charge in [0, 0.05) is 19.4 Å². The molecule has 4 bridgehead atoms. The summed E-state index contributed by atoms with van der Waals surface area (Å²) < 4.78 is 1.96. The summed E-state index contributed by atoms with van der Waals surface area (Å²) in [6.07, 6.45) is 12.8. The lowest BCUT2D eigenvalue weighted by atomic mass is 9.48. The molecule has 3 heteroatoms. The number of rotatable bonds is 3. The Balaban J connectivity index is 1.55. The van der Waals surface area contributed by atoms with Crippen LogP contribution in [0.3, 0.4) is 0 Å². The summed E-state index contributed by atoms with van der Waals surface area (Å²) in [5, 5.41) is 10.6. The van der Waals surface area contributed by atoms with Crippen LogP contribution in [0.25, 0.3) is 0 Å². The highest BCUT2D eigenvalue weighted by atomic mass is 16.3. The number of aliphatic hydroxyl groups is 1. The first kappa shape index (κ1) is 12.0. The maximum absolute atomic E-state index is 10.6. The quantitative estimate of drug-likeness (QED) is 0.907. The van der Waals surface area contributed by atoms with E-state index < -0.39 is 0 Å². The first-order valence-electron chi connectivity index (χ1n) is 7.79. The van der Waals surface area contributed by atoms with E-state index in [9.17, 15) is 5.11 Å². The highest BCUT2D eigenvalue weighted by Gasteiger charge is 2.51. The molecule has 1 N–H and O–H groups in total. The van der Waals surface area contributed by atoms with Gasteiger partial charge in [-0.3, -0.25) is 0 Å². The fourth-order valence-electron chi connectivity index (χ4n) is 5.74. The Kier molecular flexibility index (Phi) is 2.57. The van der Waals surface area contributed by atoms with E-state index in [1.54, 1.807) is 6.20 Å². The number of hydrogen-bond acceptors (Lipinski definition) is 2. The lowest BCUT2D eigenvalue weighted by molar-refractivity contribution is -0.0777. The van der Waals surface area contributed by atoms with Crippen molar-refractivity contribution >= 4 is 0 Å². The van der Waals surface area contributed by atoms with Gasteiger partial charge in [-0.15, -0.1) is 0 Å². The molecule has 4 saturated carbocycles. The number of imidazole rings is 1. The van der Waals surface area contributed by atoms with Gasteiger partial charge in [0.05, 0.1) is 0 Å². The monoisotopic (exact) mass is 260 g/mol. The zero-order valence-corrected chi connectivity index (χ0v) is 11.8. The molecule has 1 aromatic rings. The zero-order valence-electron chi connectivity index (χ0n) is 11.8. The van der Waals surface area contributed by atoms with Crippen molar-refractivity contribution in [2.45, 2.75) is 51.0 Å². The molecule has 4 fully saturated rings. The van der Waals surface area contributed by atoms with Crippen molar-refractivity contribution in [1.29, 1.82) is 0 Å². The van der Waals surface area contributed by atoms with E-state index in [2.05, 4.69) is 4.98 Å². The van der Waals surface area contributed by atoms with Gasteiger partial charge >= 0.3 is 0 Å². The molecule has 3 nitrogen and oxygen atoms in total. The Morgan fingerprint density at radius 3 is 2.32 bits per heavy atom. The van der Waals surface area contributed by atoms with Crippen molar-refractivity contribution in [1.82, 2.24) is 9.55 Å². The van der Waals surface area contributed by atoms with E-state index in [1.807, 2.05) is 17.8 Å². The molecular weight excluding hydrogens is 236 g/mol. The van der Waals surface area contributed by atoms with Crippen LogP contribution in [0.2, 0.25) is 0 Å². The second-order valence-electron chi connectivity index (χ2n) is 7.53. The summed E-state index contributed by atoms with van der Waals surface area (Å²) >= 11 is 0. The van der Waals surface area contributed by atoms with Crippen molar-refractivity contribution in [3.05, 3.63) is 18.2 Å². The Bertz CT molecular complexity index is 444. The predicted octanol–water partition coefficient (Wildman–Crippen LogP) is 3.06. The molecule has 1 heterocycles. The van der Waals surface area contributed by atoms with Crippen LogP contribution in [0.15, 0.2) is 12.4 Å². The fourth-order valence-corrected chi connectivity index (χ4v) is 5.74. The van der Waals surface area contributed by atoms with Gasteiger partial charge in [-0.05, 0) is 68.1 Å². The van der Waals surface area contributed by atoms with E-state index in [1.165, 1.54) is 38.5 Å². The van der Waals surface area contributed by atoms with E-state index in [4.69, 9.17) is 0 Å². The lowest BCUT2D eigenvalue weighted by Gasteiger charge is -2.57. The average molecular weight is 260 g/mol. The lowest BCUT2D eigenvalue weighted by Crippen LogP contribution is -2.46. The molecule has 0 spiro atoms. The van der Waals surface area contributed by atoms with E-state index in [0.717, 1.165) is 30.0 Å². The molecule has 5 rings (SSSR count). The topological polar surface area (TPSA) is 38.0 Å².